The molecule has 3 N–H and O–H groups in total. The van der Waals surface area contributed by atoms with Gasteiger partial charge in [0.05, 0.1) is 11.8 Å². The highest BCUT2D eigenvalue weighted by molar-refractivity contribution is 5.94. The predicted octanol–water partition coefficient (Wildman–Crippen LogP) is 1.46. The minimum absolute atomic E-state index is 0.104. The number of hydrogen-bond donors (Lipinski definition) is 2. The molecule has 0 unspecified atom stereocenters. The Morgan fingerprint density at radius 3 is 2.62 bits per heavy atom. The highest BCUT2D eigenvalue weighted by Crippen LogP contribution is 2.22. The number of carbonyl (C=O) groups is 1. The molecule has 1 amide bonds. The molecule has 0 bridgehead atoms. The van der Waals surface area contributed by atoms with Gasteiger partial charge in [0.25, 0.3) is 5.91 Å². The van der Waals surface area contributed by atoms with E-state index in [1.165, 1.54) is 12.3 Å². The molecule has 0 saturated carbocycles. The molecule has 7 heteroatoms. The summed E-state index contributed by atoms with van der Waals surface area (Å²) < 4.78 is 16.3. The van der Waals surface area contributed by atoms with Crippen LogP contribution in [0.25, 0.3) is 0 Å². The molecule has 2 aromatic rings. The van der Waals surface area contributed by atoms with Crippen LogP contribution in [0.2, 0.25) is 0 Å². The summed E-state index contributed by atoms with van der Waals surface area (Å²) in [4.78, 5) is 24.9. The molecule has 26 heavy (non-hydrogen) atoms. The van der Waals surface area contributed by atoms with Crippen molar-refractivity contribution in [2.75, 3.05) is 19.8 Å². The first-order valence-corrected chi connectivity index (χ1v) is 8.52. The van der Waals surface area contributed by atoms with E-state index in [-0.39, 0.29) is 24.7 Å². The maximum Gasteiger partial charge on any atom is 0.291 e. The van der Waals surface area contributed by atoms with Gasteiger partial charge in [0.15, 0.2) is 0 Å². The van der Waals surface area contributed by atoms with Crippen molar-refractivity contribution < 1.29 is 18.7 Å². The van der Waals surface area contributed by atoms with Crippen LogP contribution in [-0.4, -0.2) is 31.2 Å². The fourth-order valence-electron chi connectivity index (χ4n) is 2.87. The van der Waals surface area contributed by atoms with Crippen molar-refractivity contribution in [3.63, 3.8) is 0 Å². The van der Waals surface area contributed by atoms with Crippen LogP contribution in [0.3, 0.4) is 0 Å². The van der Waals surface area contributed by atoms with E-state index in [0.717, 1.165) is 5.56 Å². The lowest BCUT2D eigenvalue weighted by Crippen LogP contribution is -2.56. The summed E-state index contributed by atoms with van der Waals surface area (Å²) >= 11 is 0. The first-order chi connectivity index (χ1) is 12.6. The molecule has 0 radical (unpaired) electrons. The van der Waals surface area contributed by atoms with Gasteiger partial charge in [0, 0.05) is 25.8 Å². The Morgan fingerprint density at radius 2 is 1.92 bits per heavy atom. The van der Waals surface area contributed by atoms with Crippen molar-refractivity contribution in [2.45, 2.75) is 25.0 Å². The summed E-state index contributed by atoms with van der Waals surface area (Å²) in [6.07, 6.45) is 2.39. The van der Waals surface area contributed by atoms with Gasteiger partial charge < -0.3 is 24.9 Å². The van der Waals surface area contributed by atoms with Gasteiger partial charge in [-0.15, -0.1) is 0 Å². The molecule has 3 rings (SSSR count). The van der Waals surface area contributed by atoms with Crippen LogP contribution in [0.4, 0.5) is 0 Å². The van der Waals surface area contributed by atoms with Crippen molar-refractivity contribution >= 4 is 5.91 Å². The number of nitrogens with two attached hydrogens (primary N) is 1. The van der Waals surface area contributed by atoms with Crippen LogP contribution in [0.15, 0.2) is 51.9 Å². The van der Waals surface area contributed by atoms with Crippen molar-refractivity contribution in [3.05, 3.63) is 64.2 Å². The number of amides is 1. The van der Waals surface area contributed by atoms with Crippen LogP contribution in [-0.2, 0) is 11.3 Å². The summed E-state index contributed by atoms with van der Waals surface area (Å²) in [6, 6.07) is 10.6. The average Bonchev–Trinajstić information content (AvgIpc) is 2.68. The van der Waals surface area contributed by atoms with E-state index < -0.39 is 16.9 Å². The molecule has 1 aromatic carbocycles. The van der Waals surface area contributed by atoms with Gasteiger partial charge in [0.1, 0.15) is 6.61 Å². The summed E-state index contributed by atoms with van der Waals surface area (Å²) in [6.45, 7) is 1.48. The van der Waals surface area contributed by atoms with Crippen molar-refractivity contribution in [1.29, 1.82) is 0 Å². The van der Waals surface area contributed by atoms with E-state index in [4.69, 9.17) is 19.6 Å². The molecule has 1 saturated heterocycles. The van der Waals surface area contributed by atoms with Crippen molar-refractivity contribution in [1.82, 2.24) is 5.32 Å². The number of ether oxygens (including phenoxy) is 2. The minimum atomic E-state index is -0.569. The van der Waals surface area contributed by atoms with Gasteiger partial charge in [-0.2, -0.15) is 0 Å². The average molecular weight is 358 g/mol. The molecule has 1 aliphatic rings. The number of benzene rings is 1. The third-order valence-corrected chi connectivity index (χ3v) is 4.49. The first-order valence-electron chi connectivity index (χ1n) is 8.52. The Balaban J connectivity index is 1.79. The third-order valence-electron chi connectivity index (χ3n) is 4.49. The maximum atomic E-state index is 12.7. The summed E-state index contributed by atoms with van der Waals surface area (Å²) in [5.41, 5.74) is 5.77. The van der Waals surface area contributed by atoms with Crippen LogP contribution in [0.1, 0.15) is 29.0 Å². The minimum Gasteiger partial charge on any atom is -0.481 e. The molecule has 138 valence electrons. The quantitative estimate of drug-likeness (QED) is 0.810. The molecule has 2 heterocycles. The van der Waals surface area contributed by atoms with Gasteiger partial charge in [-0.25, -0.2) is 0 Å². The van der Waals surface area contributed by atoms with Gasteiger partial charge in [-0.1, -0.05) is 30.3 Å². The normalized spacial score (nSPS) is 16.0. The van der Waals surface area contributed by atoms with E-state index >= 15 is 0 Å². The lowest BCUT2D eigenvalue weighted by Gasteiger charge is -2.36. The molecule has 0 aliphatic carbocycles. The fourth-order valence-corrected chi connectivity index (χ4v) is 2.87. The Morgan fingerprint density at radius 1 is 1.19 bits per heavy atom. The van der Waals surface area contributed by atoms with Gasteiger partial charge in [0.2, 0.25) is 16.9 Å². The zero-order chi connectivity index (χ0) is 18.4. The molecule has 1 aliphatic heterocycles. The number of nitrogens with one attached hydrogen (secondary N) is 1. The van der Waals surface area contributed by atoms with Crippen LogP contribution >= 0.6 is 0 Å². The molecule has 7 nitrogen and oxygen atoms in total. The smallest absolute Gasteiger partial charge is 0.291 e. The molecule has 1 fully saturated rings. The standard InChI is InChI=1S/C19H22N2O5/c20-13-19(7-10-24-11-8-19)21-18(23)17-16(15(22)6-9-25-17)26-12-14-4-2-1-3-5-14/h1-6,9H,7-8,10-13,20H2,(H,21,23). The Labute approximate surface area is 151 Å². The van der Waals surface area contributed by atoms with Gasteiger partial charge in [-0.05, 0) is 18.4 Å². The first kappa shape index (κ1) is 18.2. The molecule has 1 aromatic heterocycles. The maximum absolute atomic E-state index is 12.7. The molecular formula is C19H22N2O5. The molecular weight excluding hydrogens is 336 g/mol. The van der Waals surface area contributed by atoms with Crippen LogP contribution in [0.5, 0.6) is 5.75 Å². The van der Waals surface area contributed by atoms with E-state index in [1.807, 2.05) is 30.3 Å². The van der Waals surface area contributed by atoms with Gasteiger partial charge in [-0.3, -0.25) is 9.59 Å². The topological polar surface area (TPSA) is 104 Å². The summed E-state index contributed by atoms with van der Waals surface area (Å²) in [5.74, 6) is -0.765. The van der Waals surface area contributed by atoms with Crippen molar-refractivity contribution in [2.24, 2.45) is 5.73 Å². The van der Waals surface area contributed by atoms with Crippen LogP contribution in [0, 0.1) is 0 Å². The predicted molar refractivity (Wildman–Crippen MR) is 95.1 cm³/mol. The number of carbonyl (C=O) groups excluding carboxylic acids is 1. The largest absolute Gasteiger partial charge is 0.481 e. The summed E-state index contributed by atoms with van der Waals surface area (Å²) in [5, 5.41) is 2.91. The van der Waals surface area contributed by atoms with E-state index in [1.54, 1.807) is 0 Å². The second kappa shape index (κ2) is 8.16. The molecule has 0 spiro atoms. The fraction of sp³-hybridized carbons (Fsp3) is 0.368. The highest BCUT2D eigenvalue weighted by atomic mass is 16.5. The Hall–Kier alpha value is -2.64. The SMILES string of the molecule is NCC1(NC(=O)c2occc(=O)c2OCc2ccccc2)CCOCC1. The third kappa shape index (κ3) is 4.12. The molecule has 0 atom stereocenters. The second-order valence-corrected chi connectivity index (χ2v) is 6.27. The van der Waals surface area contributed by atoms with E-state index in [9.17, 15) is 9.59 Å². The lowest BCUT2D eigenvalue weighted by atomic mass is 9.90. The lowest BCUT2D eigenvalue weighted by molar-refractivity contribution is 0.0378. The zero-order valence-electron chi connectivity index (χ0n) is 14.4. The van der Waals surface area contributed by atoms with E-state index in [2.05, 4.69) is 5.32 Å². The van der Waals surface area contributed by atoms with E-state index in [0.29, 0.717) is 26.1 Å². The summed E-state index contributed by atoms with van der Waals surface area (Å²) in [7, 11) is 0. The van der Waals surface area contributed by atoms with Crippen molar-refractivity contribution in [3.8, 4) is 5.75 Å². The Kier molecular flexibility index (Phi) is 5.70. The van der Waals surface area contributed by atoms with Gasteiger partial charge >= 0.3 is 0 Å². The van der Waals surface area contributed by atoms with Crippen LogP contribution < -0.4 is 21.2 Å². The second-order valence-electron chi connectivity index (χ2n) is 6.27. The zero-order valence-corrected chi connectivity index (χ0v) is 14.4. The monoisotopic (exact) mass is 358 g/mol. The highest BCUT2D eigenvalue weighted by Gasteiger charge is 2.34. The number of rotatable bonds is 6. The number of hydrogen-bond acceptors (Lipinski definition) is 6. The Bertz CT molecular complexity index is 797.